The van der Waals surface area contributed by atoms with E-state index in [9.17, 15) is 107 Å². The minimum Gasteiger partial charge on any atom is -0.396 e. The third-order valence-electron chi connectivity index (χ3n) is 18.9. The van der Waals surface area contributed by atoms with Crippen molar-refractivity contribution in [3.05, 3.63) is 0 Å². The summed E-state index contributed by atoms with van der Waals surface area (Å²) >= 11 is 0. The quantitative estimate of drug-likeness (QED) is 0.0262. The van der Waals surface area contributed by atoms with Crippen molar-refractivity contribution in [1.82, 2.24) is 0 Å². The van der Waals surface area contributed by atoms with Crippen molar-refractivity contribution < 1.29 is 207 Å². The second-order valence-electron chi connectivity index (χ2n) is 26.1. The van der Waals surface area contributed by atoms with Crippen LogP contribution >= 0.6 is 0 Å². The van der Waals surface area contributed by atoms with Crippen LogP contribution in [0.1, 0.15) is 44.9 Å². The smallest absolute Gasteiger partial charge is 0.187 e. The zero-order valence-corrected chi connectivity index (χ0v) is 58.0. The molecule has 0 aromatic carbocycles. The van der Waals surface area contributed by atoms with Crippen LogP contribution in [0.25, 0.3) is 0 Å². The summed E-state index contributed by atoms with van der Waals surface area (Å²) in [5, 5.41) is 234. The Morgan fingerprint density at radius 3 is 0.381 bits per heavy atom. The summed E-state index contributed by atoms with van der Waals surface area (Å²) in [6, 6.07) is 0. The highest BCUT2D eigenvalue weighted by molar-refractivity contribution is 5.03. The Morgan fingerprint density at radius 2 is 0.286 bits per heavy atom. The molecule has 21 aliphatic heterocycles. The first-order valence-electron chi connectivity index (χ1n) is 35.7. The van der Waals surface area contributed by atoms with Crippen molar-refractivity contribution in [3.63, 3.8) is 0 Å². The van der Waals surface area contributed by atoms with Gasteiger partial charge < -0.3 is 207 Å². The molecule has 105 heavy (non-hydrogen) atoms. The van der Waals surface area contributed by atoms with Gasteiger partial charge in [-0.2, -0.15) is 0 Å². The molecule has 0 aromatic heterocycles. The summed E-state index contributed by atoms with van der Waals surface area (Å²) < 4.78 is 131. The second-order valence-corrected chi connectivity index (χ2v) is 26.1. The molecule has 35 atom stereocenters. The maximum absolute atomic E-state index is 12.5. The van der Waals surface area contributed by atoms with Gasteiger partial charge in [0.15, 0.2) is 44.0 Å². The second kappa shape index (κ2) is 45.3. The molecule has 21 aliphatic rings. The molecule has 21 heterocycles. The maximum Gasteiger partial charge on any atom is 0.187 e. The van der Waals surface area contributed by atoms with Crippen LogP contribution in [-0.2, 0) is 99.5 Å². The third kappa shape index (κ3) is 22.2. The maximum atomic E-state index is 12.5. The van der Waals surface area contributed by atoms with Gasteiger partial charge in [-0.1, -0.05) is 0 Å². The average molecular weight is 1540 g/mol. The molecule has 14 bridgehead atoms. The SMILES string of the molecule is OCCCOC1C2OC(CO)C(OC3OC(CO)C(OC4OC(CO)C(OC5OC(CO)C(OC6OC(CO)C(OC7OC(CO)C(OC8OC(CO)C(O2)C(O)C8OCCCO)C(O)C7OCCCO)C(O)C6OCCCO)C(O)C5OCCCO)C(O)C4OCCCO)C(O)C3OCCCO)C1O. The minimum atomic E-state index is -2.00. The molecule has 0 amide bonds. The molecular weight excluding hydrogens is 1430 g/mol. The van der Waals surface area contributed by atoms with Crippen LogP contribution in [0.3, 0.4) is 0 Å². The van der Waals surface area contributed by atoms with Crippen LogP contribution in [0.15, 0.2) is 0 Å². The first-order valence-corrected chi connectivity index (χ1v) is 35.7. The highest BCUT2D eigenvalue weighted by Gasteiger charge is 2.61. The van der Waals surface area contributed by atoms with E-state index in [4.69, 9.17) is 99.5 Å². The highest BCUT2D eigenvalue weighted by Crippen LogP contribution is 2.42. The fourth-order valence-electron chi connectivity index (χ4n) is 13.5. The molecule has 616 valence electrons. The van der Waals surface area contributed by atoms with Crippen molar-refractivity contribution in [3.8, 4) is 0 Å². The third-order valence-corrected chi connectivity index (χ3v) is 18.9. The summed E-state index contributed by atoms with van der Waals surface area (Å²) in [5.74, 6) is 0. The average Bonchev–Trinajstić information content (AvgIpc) is 0.783. The Labute approximate surface area is 603 Å². The van der Waals surface area contributed by atoms with Gasteiger partial charge in [0.05, 0.1) is 46.2 Å². The van der Waals surface area contributed by atoms with E-state index in [2.05, 4.69) is 0 Å². The van der Waals surface area contributed by atoms with Crippen molar-refractivity contribution in [1.29, 1.82) is 0 Å². The van der Waals surface area contributed by atoms with Gasteiger partial charge in [-0.15, -0.1) is 0 Å². The van der Waals surface area contributed by atoms with Crippen molar-refractivity contribution in [2.45, 2.75) is 260 Å². The van der Waals surface area contributed by atoms with E-state index in [0.29, 0.717) is 0 Å². The number of hydrogen-bond acceptors (Lipinski definition) is 42. The van der Waals surface area contributed by atoms with Crippen LogP contribution in [0.5, 0.6) is 0 Å². The van der Waals surface area contributed by atoms with Crippen LogP contribution in [0.4, 0.5) is 0 Å². The van der Waals surface area contributed by atoms with Crippen LogP contribution in [0, 0.1) is 0 Å². The zero-order valence-electron chi connectivity index (χ0n) is 58.0. The molecular formula is C63H112O42. The Morgan fingerprint density at radius 1 is 0.171 bits per heavy atom. The summed E-state index contributed by atoms with van der Waals surface area (Å²) in [7, 11) is 0. The Bertz CT molecular complexity index is 1910. The molecule has 0 aliphatic carbocycles. The monoisotopic (exact) mass is 1540 g/mol. The van der Waals surface area contributed by atoms with Gasteiger partial charge in [-0.05, 0) is 44.9 Å². The predicted octanol–water partition coefficient (Wildman–Crippen LogP) is -12.4. The lowest BCUT2D eigenvalue weighted by Gasteiger charge is -2.51. The van der Waals surface area contributed by atoms with Crippen molar-refractivity contribution in [2.24, 2.45) is 0 Å². The van der Waals surface area contributed by atoms with Crippen LogP contribution in [-0.4, -0.2) is 461 Å². The van der Waals surface area contributed by atoms with E-state index in [-0.39, 0.29) is 91.2 Å². The molecule has 21 fully saturated rings. The highest BCUT2D eigenvalue weighted by atomic mass is 16.8. The lowest BCUT2D eigenvalue weighted by Crippen LogP contribution is -2.69. The summed E-state index contributed by atoms with van der Waals surface area (Å²) in [6.45, 7) is -12.5. The van der Waals surface area contributed by atoms with E-state index >= 15 is 0 Å². The Kier molecular flexibility index (Phi) is 38.3. The van der Waals surface area contributed by atoms with Gasteiger partial charge in [-0.3, -0.25) is 0 Å². The lowest BCUT2D eigenvalue weighted by molar-refractivity contribution is -0.402. The number of aliphatic hydroxyl groups is 21. The number of ether oxygens (including phenoxy) is 21. The molecule has 42 heteroatoms. The van der Waals surface area contributed by atoms with E-state index < -0.39 is 307 Å². The number of hydrogen-bond donors (Lipinski definition) is 21. The summed E-state index contributed by atoms with van der Waals surface area (Å²) in [6.07, 6.45) is -64.3. The molecule has 21 N–H and O–H groups in total. The van der Waals surface area contributed by atoms with Gasteiger partial charge >= 0.3 is 0 Å². The minimum absolute atomic E-state index is 0.0610. The molecule has 21 rings (SSSR count). The molecule has 42 nitrogen and oxygen atoms in total. The van der Waals surface area contributed by atoms with Gasteiger partial charge in [0.2, 0.25) is 0 Å². The Balaban J connectivity index is 1.23. The topological polar surface area (TPSA) is 619 Å². The largest absolute Gasteiger partial charge is 0.396 e. The molecule has 0 saturated carbocycles. The summed E-state index contributed by atoms with van der Waals surface area (Å²) in [4.78, 5) is 0. The fourth-order valence-corrected chi connectivity index (χ4v) is 13.5. The van der Waals surface area contributed by atoms with E-state index in [1.165, 1.54) is 0 Å². The van der Waals surface area contributed by atoms with E-state index in [1.54, 1.807) is 0 Å². The fraction of sp³-hybridized carbons (Fsp3) is 1.00. The van der Waals surface area contributed by atoms with E-state index in [1.807, 2.05) is 0 Å². The predicted molar refractivity (Wildman–Crippen MR) is 336 cm³/mol. The normalized spacial score (nSPS) is 43.8. The molecule has 0 spiro atoms. The van der Waals surface area contributed by atoms with Crippen LogP contribution < -0.4 is 0 Å². The van der Waals surface area contributed by atoms with Crippen LogP contribution in [0.2, 0.25) is 0 Å². The van der Waals surface area contributed by atoms with Crippen molar-refractivity contribution >= 4 is 0 Å². The molecule has 0 radical (unpaired) electrons. The van der Waals surface area contributed by atoms with Crippen molar-refractivity contribution in [2.75, 3.05) is 139 Å². The van der Waals surface area contributed by atoms with Gasteiger partial charge in [0.1, 0.15) is 171 Å². The molecule has 21 saturated heterocycles. The lowest BCUT2D eigenvalue weighted by atomic mass is 9.94. The number of rotatable bonds is 35. The van der Waals surface area contributed by atoms with E-state index in [0.717, 1.165) is 0 Å². The van der Waals surface area contributed by atoms with Gasteiger partial charge in [-0.25, -0.2) is 0 Å². The standard InChI is InChI=1S/C63H112O42/c64-8-1-15-85-50-36(78)43-29(22-71)92-57(50)99-44-30(23-72)93-59(51(37(44)79)86-16-2-9-65)101-46-32(25-74)95-61(53(39(46)81)88-18-4-11-67)103-48-34(27-76)97-63(55(41(48)83)90-20-6-13-69)105-49-35(28-77)98-62(56(42(49)84)91-21-7-14-70)104-47-33(26-75)96-60(54(40(47)82)89-19-5-12-68)102-45-31(24-73)94-58(100-43)52(38(45)80)87-17-3-10-66/h29-84H,1-28H2. The van der Waals surface area contributed by atoms with Gasteiger partial charge in [0, 0.05) is 92.5 Å². The summed E-state index contributed by atoms with van der Waals surface area (Å²) in [5.41, 5.74) is 0. The van der Waals surface area contributed by atoms with Gasteiger partial charge in [0.25, 0.3) is 0 Å². The Hall–Kier alpha value is -1.68. The first kappa shape index (κ1) is 88.9. The number of aliphatic hydroxyl groups excluding tert-OH is 21. The zero-order chi connectivity index (χ0) is 75.9. The molecule has 35 unspecified atom stereocenters. The molecule has 0 aromatic rings. The first-order chi connectivity index (χ1) is 50.9.